The van der Waals surface area contributed by atoms with E-state index < -0.39 is 29.2 Å². The number of rotatable bonds is 3. The van der Waals surface area contributed by atoms with Crippen LogP contribution in [-0.2, 0) is 12.6 Å². The molecule has 1 aromatic heterocycles. The number of aliphatic hydroxyl groups excluding tert-OH is 1. The van der Waals surface area contributed by atoms with E-state index in [1.807, 2.05) is 0 Å². The summed E-state index contributed by atoms with van der Waals surface area (Å²) >= 11 is 0. The van der Waals surface area contributed by atoms with E-state index in [0.29, 0.717) is 23.8 Å². The van der Waals surface area contributed by atoms with Gasteiger partial charge in [-0.2, -0.15) is 13.2 Å². The quantitative estimate of drug-likeness (QED) is 0.856. The van der Waals surface area contributed by atoms with Gasteiger partial charge in [0, 0.05) is 12.6 Å². The highest BCUT2D eigenvalue weighted by molar-refractivity contribution is 5.40. The average Bonchev–Trinajstić information content (AvgIpc) is 2.40. The summed E-state index contributed by atoms with van der Waals surface area (Å²) in [5, 5.41) is 10.0. The van der Waals surface area contributed by atoms with Gasteiger partial charge in [-0.05, 0) is 35.4 Å². The van der Waals surface area contributed by atoms with E-state index in [0.717, 1.165) is 0 Å². The third kappa shape index (κ3) is 3.49. The lowest BCUT2D eigenvalue weighted by molar-refractivity contribution is -0.139. The van der Waals surface area contributed by atoms with Crippen molar-refractivity contribution in [2.24, 2.45) is 0 Å². The number of aromatic nitrogens is 1. The Morgan fingerprint density at radius 2 is 1.95 bits per heavy atom. The van der Waals surface area contributed by atoms with Crippen LogP contribution >= 0.6 is 0 Å². The molecule has 0 saturated heterocycles. The Kier molecular flexibility index (Phi) is 4.13. The van der Waals surface area contributed by atoms with Gasteiger partial charge < -0.3 is 10.8 Å². The first-order valence-electron chi connectivity index (χ1n) is 6.03. The summed E-state index contributed by atoms with van der Waals surface area (Å²) in [6, 6.07) is 5.09. The van der Waals surface area contributed by atoms with Crippen molar-refractivity contribution >= 4 is 5.82 Å². The molecule has 1 unspecified atom stereocenters. The monoisotopic (exact) mass is 300 g/mol. The van der Waals surface area contributed by atoms with E-state index in [2.05, 4.69) is 4.98 Å². The van der Waals surface area contributed by atoms with Crippen LogP contribution in [0.2, 0.25) is 0 Å². The zero-order chi connectivity index (χ0) is 15.6. The Bertz CT molecular complexity index is 643. The van der Waals surface area contributed by atoms with Crippen molar-refractivity contribution in [2.45, 2.75) is 18.7 Å². The van der Waals surface area contributed by atoms with Crippen molar-refractivity contribution in [1.29, 1.82) is 0 Å². The summed E-state index contributed by atoms with van der Waals surface area (Å²) in [5.74, 6) is -0.738. The zero-order valence-corrected chi connectivity index (χ0v) is 10.7. The number of nitrogen functional groups attached to an aromatic ring is 1. The molecule has 0 bridgehead atoms. The third-order valence-corrected chi connectivity index (χ3v) is 3.02. The Morgan fingerprint density at radius 1 is 1.24 bits per heavy atom. The number of nitrogens with zero attached hydrogens (tertiary/aromatic N) is 1. The van der Waals surface area contributed by atoms with E-state index >= 15 is 0 Å². The summed E-state index contributed by atoms with van der Waals surface area (Å²) in [4.78, 5) is 3.78. The summed E-state index contributed by atoms with van der Waals surface area (Å²) in [7, 11) is 0. The minimum Gasteiger partial charge on any atom is -0.388 e. The van der Waals surface area contributed by atoms with Gasteiger partial charge in [-0.3, -0.25) is 0 Å². The van der Waals surface area contributed by atoms with Crippen molar-refractivity contribution in [2.75, 3.05) is 5.73 Å². The van der Waals surface area contributed by atoms with Crippen molar-refractivity contribution < 1.29 is 22.7 Å². The Morgan fingerprint density at radius 3 is 2.57 bits per heavy atom. The molecule has 1 atom stereocenters. The second kappa shape index (κ2) is 5.69. The Labute approximate surface area is 118 Å². The smallest absolute Gasteiger partial charge is 0.388 e. The molecule has 0 aliphatic carbocycles. The highest BCUT2D eigenvalue weighted by atomic mass is 19.4. The van der Waals surface area contributed by atoms with Crippen LogP contribution in [0.3, 0.4) is 0 Å². The minimum atomic E-state index is -4.68. The van der Waals surface area contributed by atoms with Crippen molar-refractivity contribution in [3.05, 3.63) is 59.0 Å². The maximum Gasteiger partial charge on any atom is 0.416 e. The molecule has 0 spiro atoms. The predicted molar refractivity (Wildman–Crippen MR) is 68.7 cm³/mol. The van der Waals surface area contributed by atoms with Gasteiger partial charge in [0.2, 0.25) is 0 Å². The van der Waals surface area contributed by atoms with Crippen LogP contribution < -0.4 is 5.73 Å². The molecule has 3 N–H and O–H groups in total. The molecule has 0 aliphatic rings. The molecule has 7 heteroatoms. The van der Waals surface area contributed by atoms with Crippen LogP contribution in [0, 0.1) is 5.82 Å². The molecule has 0 saturated carbocycles. The minimum absolute atomic E-state index is 0.113. The van der Waals surface area contributed by atoms with Crippen LogP contribution in [-0.4, -0.2) is 10.1 Å². The maximum atomic E-state index is 13.2. The van der Waals surface area contributed by atoms with Crippen LogP contribution in [0.15, 0.2) is 36.5 Å². The summed E-state index contributed by atoms with van der Waals surface area (Å²) in [5.41, 5.74) is 4.38. The first kappa shape index (κ1) is 15.2. The summed E-state index contributed by atoms with van der Waals surface area (Å²) < 4.78 is 51.9. The van der Waals surface area contributed by atoms with Gasteiger partial charge in [0.25, 0.3) is 0 Å². The number of anilines is 1. The number of aliphatic hydroxyl groups is 1. The molecular formula is C14H12F4N2O. The van der Waals surface area contributed by atoms with Crippen LogP contribution in [0.25, 0.3) is 0 Å². The van der Waals surface area contributed by atoms with Gasteiger partial charge in [-0.25, -0.2) is 9.37 Å². The highest BCUT2D eigenvalue weighted by Gasteiger charge is 2.35. The lowest BCUT2D eigenvalue weighted by Crippen LogP contribution is -2.14. The lowest BCUT2D eigenvalue weighted by atomic mass is 9.97. The second-order valence-electron chi connectivity index (χ2n) is 4.50. The fraction of sp³-hybridized carbons (Fsp3) is 0.214. The van der Waals surface area contributed by atoms with Gasteiger partial charge in [0.1, 0.15) is 11.6 Å². The fourth-order valence-corrected chi connectivity index (χ4v) is 2.01. The van der Waals surface area contributed by atoms with Gasteiger partial charge >= 0.3 is 6.18 Å². The molecular weight excluding hydrogens is 288 g/mol. The zero-order valence-electron chi connectivity index (χ0n) is 10.7. The molecule has 21 heavy (non-hydrogen) atoms. The van der Waals surface area contributed by atoms with Crippen LogP contribution in [0.1, 0.15) is 22.8 Å². The standard InChI is InChI=1S/C14H12F4N2O/c15-9-3-4-11(14(16,17)18)10(7-9)12(21)6-8-2-1-5-20-13(8)19/h1-5,7,12,21H,6H2,(H2,19,20). The molecule has 0 fully saturated rings. The number of halogens is 4. The summed E-state index contributed by atoms with van der Waals surface area (Å²) in [6.07, 6.45) is -4.98. The number of alkyl halides is 3. The molecule has 0 radical (unpaired) electrons. The van der Waals surface area contributed by atoms with E-state index in [1.165, 1.54) is 12.3 Å². The SMILES string of the molecule is Nc1ncccc1CC(O)c1cc(F)ccc1C(F)(F)F. The molecule has 0 amide bonds. The van der Waals surface area contributed by atoms with E-state index in [9.17, 15) is 22.7 Å². The molecule has 2 aromatic rings. The van der Waals surface area contributed by atoms with E-state index in [-0.39, 0.29) is 12.2 Å². The summed E-state index contributed by atoms with van der Waals surface area (Å²) in [6.45, 7) is 0. The van der Waals surface area contributed by atoms with Crippen molar-refractivity contribution in [1.82, 2.24) is 4.98 Å². The normalized spacial score (nSPS) is 13.2. The van der Waals surface area contributed by atoms with Crippen molar-refractivity contribution in [3.63, 3.8) is 0 Å². The Hall–Kier alpha value is -2.15. The van der Waals surface area contributed by atoms with Gasteiger partial charge in [-0.15, -0.1) is 0 Å². The van der Waals surface area contributed by atoms with Gasteiger partial charge in [0.05, 0.1) is 11.7 Å². The first-order chi connectivity index (χ1) is 9.79. The molecule has 0 aliphatic heterocycles. The van der Waals surface area contributed by atoms with Crippen molar-refractivity contribution in [3.8, 4) is 0 Å². The number of nitrogens with two attached hydrogens (primary N) is 1. The average molecular weight is 300 g/mol. The predicted octanol–water partition coefficient (Wildman–Crippen LogP) is 3.10. The molecule has 3 nitrogen and oxygen atoms in total. The number of benzene rings is 1. The molecule has 1 aromatic carbocycles. The lowest BCUT2D eigenvalue weighted by Gasteiger charge is -2.18. The number of hydrogen-bond acceptors (Lipinski definition) is 3. The van der Waals surface area contributed by atoms with E-state index in [4.69, 9.17) is 5.73 Å². The fourth-order valence-electron chi connectivity index (χ4n) is 2.01. The molecule has 1 heterocycles. The maximum absolute atomic E-state index is 13.2. The van der Waals surface area contributed by atoms with Gasteiger partial charge in [-0.1, -0.05) is 6.07 Å². The highest BCUT2D eigenvalue weighted by Crippen LogP contribution is 2.36. The molecule has 112 valence electrons. The number of pyridine rings is 1. The van der Waals surface area contributed by atoms with E-state index in [1.54, 1.807) is 6.07 Å². The Balaban J connectivity index is 2.37. The van der Waals surface area contributed by atoms with Gasteiger partial charge in [0.15, 0.2) is 0 Å². The molecule has 2 rings (SSSR count). The van der Waals surface area contributed by atoms with Crippen LogP contribution in [0.5, 0.6) is 0 Å². The van der Waals surface area contributed by atoms with Crippen LogP contribution in [0.4, 0.5) is 23.4 Å². The topological polar surface area (TPSA) is 59.1 Å². The second-order valence-corrected chi connectivity index (χ2v) is 4.50. The first-order valence-corrected chi connectivity index (χ1v) is 6.03. The largest absolute Gasteiger partial charge is 0.416 e. The third-order valence-electron chi connectivity index (χ3n) is 3.02. The number of hydrogen-bond donors (Lipinski definition) is 2.